The molecule has 0 heterocycles. The zero-order valence-corrected chi connectivity index (χ0v) is 10.3. The maximum absolute atomic E-state index is 14.1. The minimum atomic E-state index is -0.202. The van der Waals surface area contributed by atoms with Crippen LogP contribution in [0.1, 0.15) is 11.1 Å². The van der Waals surface area contributed by atoms with E-state index in [4.69, 9.17) is 4.74 Å². The molecule has 1 nitrogen and oxygen atoms in total. The van der Waals surface area contributed by atoms with Gasteiger partial charge >= 0.3 is 0 Å². The van der Waals surface area contributed by atoms with E-state index in [0.29, 0.717) is 11.3 Å². The van der Waals surface area contributed by atoms with Crippen LogP contribution in [0, 0.1) is 19.7 Å². The van der Waals surface area contributed by atoms with Gasteiger partial charge in [-0.2, -0.15) is 0 Å². The third kappa shape index (κ3) is 2.16. The standard InChI is InChI=1S/C15H15FO/c1-10-8-11(2)15(13(16)9-10)12-6-4-5-7-14(12)17-3/h4-9H,1-3H3. The third-order valence-corrected chi connectivity index (χ3v) is 2.81. The van der Waals surface area contributed by atoms with E-state index in [0.717, 1.165) is 16.7 Å². The lowest BCUT2D eigenvalue weighted by Crippen LogP contribution is -1.94. The van der Waals surface area contributed by atoms with Gasteiger partial charge in [-0.05, 0) is 37.1 Å². The van der Waals surface area contributed by atoms with Crippen molar-refractivity contribution in [1.29, 1.82) is 0 Å². The maximum Gasteiger partial charge on any atom is 0.131 e. The van der Waals surface area contributed by atoms with Crippen LogP contribution in [0.2, 0.25) is 0 Å². The van der Waals surface area contributed by atoms with Crippen LogP contribution in [0.4, 0.5) is 4.39 Å². The summed E-state index contributed by atoms with van der Waals surface area (Å²) >= 11 is 0. The molecule has 0 spiro atoms. The van der Waals surface area contributed by atoms with Gasteiger partial charge in [-0.25, -0.2) is 4.39 Å². The van der Waals surface area contributed by atoms with Crippen molar-refractivity contribution in [2.45, 2.75) is 13.8 Å². The lowest BCUT2D eigenvalue weighted by Gasteiger charge is -2.12. The summed E-state index contributed by atoms with van der Waals surface area (Å²) in [7, 11) is 1.60. The Morgan fingerprint density at radius 2 is 1.76 bits per heavy atom. The van der Waals surface area contributed by atoms with E-state index in [1.807, 2.05) is 44.2 Å². The Morgan fingerprint density at radius 1 is 1.06 bits per heavy atom. The van der Waals surface area contributed by atoms with Gasteiger partial charge in [0.2, 0.25) is 0 Å². The molecule has 0 radical (unpaired) electrons. The summed E-state index contributed by atoms with van der Waals surface area (Å²) in [5.74, 6) is 0.491. The van der Waals surface area contributed by atoms with Crippen molar-refractivity contribution in [2.24, 2.45) is 0 Å². The fourth-order valence-electron chi connectivity index (χ4n) is 2.11. The van der Waals surface area contributed by atoms with Gasteiger partial charge in [0.15, 0.2) is 0 Å². The summed E-state index contributed by atoms with van der Waals surface area (Å²) in [6, 6.07) is 11.0. The highest BCUT2D eigenvalue weighted by Crippen LogP contribution is 2.34. The van der Waals surface area contributed by atoms with Crippen LogP contribution >= 0.6 is 0 Å². The van der Waals surface area contributed by atoms with Crippen molar-refractivity contribution in [3.8, 4) is 16.9 Å². The first-order chi connectivity index (χ1) is 8.13. The monoisotopic (exact) mass is 230 g/mol. The average Bonchev–Trinajstić information content (AvgIpc) is 2.28. The Balaban J connectivity index is 2.68. The molecule has 2 heteroatoms. The fourth-order valence-corrected chi connectivity index (χ4v) is 2.11. The molecule has 0 N–H and O–H groups in total. The Kier molecular flexibility index (Phi) is 3.14. The number of benzene rings is 2. The summed E-state index contributed by atoms with van der Waals surface area (Å²) in [4.78, 5) is 0. The topological polar surface area (TPSA) is 9.23 Å². The quantitative estimate of drug-likeness (QED) is 0.754. The number of ether oxygens (including phenoxy) is 1. The minimum Gasteiger partial charge on any atom is -0.496 e. The molecule has 0 unspecified atom stereocenters. The minimum absolute atomic E-state index is 0.202. The second kappa shape index (κ2) is 4.58. The highest BCUT2D eigenvalue weighted by atomic mass is 19.1. The Hall–Kier alpha value is -1.83. The molecule has 0 aliphatic rings. The highest BCUT2D eigenvalue weighted by molar-refractivity contribution is 5.74. The van der Waals surface area contributed by atoms with Crippen molar-refractivity contribution < 1.29 is 9.13 Å². The van der Waals surface area contributed by atoms with Crippen LogP contribution < -0.4 is 4.74 Å². The molecule has 0 aliphatic heterocycles. The number of para-hydroxylation sites is 1. The van der Waals surface area contributed by atoms with Crippen molar-refractivity contribution in [3.63, 3.8) is 0 Å². The number of hydrogen-bond donors (Lipinski definition) is 0. The largest absolute Gasteiger partial charge is 0.496 e. The summed E-state index contributed by atoms with van der Waals surface area (Å²) in [5.41, 5.74) is 3.27. The van der Waals surface area contributed by atoms with Gasteiger partial charge in [0.1, 0.15) is 11.6 Å². The Labute approximate surface area is 101 Å². The molecule has 0 bridgehead atoms. The van der Waals surface area contributed by atoms with E-state index in [1.54, 1.807) is 13.2 Å². The van der Waals surface area contributed by atoms with E-state index < -0.39 is 0 Å². The van der Waals surface area contributed by atoms with Crippen molar-refractivity contribution in [1.82, 2.24) is 0 Å². The van der Waals surface area contributed by atoms with Crippen molar-refractivity contribution in [3.05, 3.63) is 53.3 Å². The molecule has 88 valence electrons. The van der Waals surface area contributed by atoms with E-state index in [-0.39, 0.29) is 5.82 Å². The lowest BCUT2D eigenvalue weighted by atomic mass is 9.97. The van der Waals surface area contributed by atoms with Gasteiger partial charge in [0.05, 0.1) is 7.11 Å². The van der Waals surface area contributed by atoms with E-state index in [9.17, 15) is 4.39 Å². The van der Waals surface area contributed by atoms with Gasteiger partial charge in [-0.15, -0.1) is 0 Å². The molecule has 0 amide bonds. The fraction of sp³-hybridized carbons (Fsp3) is 0.200. The number of aryl methyl sites for hydroxylation is 2. The van der Waals surface area contributed by atoms with Gasteiger partial charge in [-0.3, -0.25) is 0 Å². The molecular weight excluding hydrogens is 215 g/mol. The van der Waals surface area contributed by atoms with Crippen LogP contribution in [0.3, 0.4) is 0 Å². The molecule has 0 saturated heterocycles. The highest BCUT2D eigenvalue weighted by Gasteiger charge is 2.13. The SMILES string of the molecule is COc1ccccc1-c1c(C)cc(C)cc1F. The van der Waals surface area contributed by atoms with Crippen LogP contribution in [-0.4, -0.2) is 7.11 Å². The normalized spacial score (nSPS) is 10.4. The first kappa shape index (κ1) is 11.6. The predicted molar refractivity (Wildman–Crippen MR) is 67.9 cm³/mol. The molecule has 17 heavy (non-hydrogen) atoms. The molecule has 0 aromatic heterocycles. The first-order valence-corrected chi connectivity index (χ1v) is 5.53. The van der Waals surface area contributed by atoms with Crippen LogP contribution in [0.25, 0.3) is 11.1 Å². The second-order valence-corrected chi connectivity index (χ2v) is 4.14. The molecular formula is C15H15FO. The Bertz CT molecular complexity index is 523. The van der Waals surface area contributed by atoms with Gasteiger partial charge in [-0.1, -0.05) is 24.3 Å². The third-order valence-electron chi connectivity index (χ3n) is 2.81. The summed E-state index contributed by atoms with van der Waals surface area (Å²) < 4.78 is 19.3. The van der Waals surface area contributed by atoms with Gasteiger partial charge in [0, 0.05) is 11.1 Å². The van der Waals surface area contributed by atoms with E-state index in [1.165, 1.54) is 0 Å². The van der Waals surface area contributed by atoms with Crippen molar-refractivity contribution >= 4 is 0 Å². The summed E-state index contributed by atoms with van der Waals surface area (Å²) in [6.07, 6.45) is 0. The first-order valence-electron chi connectivity index (χ1n) is 5.53. The number of rotatable bonds is 2. The van der Waals surface area contributed by atoms with E-state index >= 15 is 0 Å². The van der Waals surface area contributed by atoms with Crippen molar-refractivity contribution in [2.75, 3.05) is 7.11 Å². The average molecular weight is 230 g/mol. The van der Waals surface area contributed by atoms with Gasteiger partial charge in [0.25, 0.3) is 0 Å². The van der Waals surface area contributed by atoms with Crippen LogP contribution in [-0.2, 0) is 0 Å². The molecule has 0 atom stereocenters. The van der Waals surface area contributed by atoms with Crippen LogP contribution in [0.5, 0.6) is 5.75 Å². The molecule has 2 aromatic rings. The van der Waals surface area contributed by atoms with E-state index in [2.05, 4.69) is 0 Å². The number of halogens is 1. The molecule has 2 rings (SSSR count). The lowest BCUT2D eigenvalue weighted by molar-refractivity contribution is 0.416. The molecule has 2 aromatic carbocycles. The predicted octanol–water partition coefficient (Wildman–Crippen LogP) is 4.12. The molecule has 0 aliphatic carbocycles. The van der Waals surface area contributed by atoms with Crippen LogP contribution in [0.15, 0.2) is 36.4 Å². The molecule has 0 saturated carbocycles. The van der Waals surface area contributed by atoms with Gasteiger partial charge < -0.3 is 4.74 Å². The summed E-state index contributed by atoms with van der Waals surface area (Å²) in [5, 5.41) is 0. The zero-order chi connectivity index (χ0) is 12.4. The number of methoxy groups -OCH3 is 1. The second-order valence-electron chi connectivity index (χ2n) is 4.14. The molecule has 0 fully saturated rings. The zero-order valence-electron chi connectivity index (χ0n) is 10.3. The maximum atomic E-state index is 14.1. The summed E-state index contributed by atoms with van der Waals surface area (Å²) in [6.45, 7) is 3.81. The smallest absolute Gasteiger partial charge is 0.131 e. The number of hydrogen-bond acceptors (Lipinski definition) is 1. The Morgan fingerprint density at radius 3 is 2.41 bits per heavy atom.